The molecule has 1 heterocycles. The van der Waals surface area contributed by atoms with Crippen molar-refractivity contribution in [2.24, 2.45) is 0 Å². The van der Waals surface area contributed by atoms with E-state index in [4.69, 9.17) is 0 Å². The van der Waals surface area contributed by atoms with E-state index >= 15 is 0 Å². The van der Waals surface area contributed by atoms with Gasteiger partial charge in [0.15, 0.2) is 0 Å². The van der Waals surface area contributed by atoms with Crippen molar-refractivity contribution >= 4 is 5.91 Å². The SMILES string of the molecule is CCC(O)(CC)CNC(=O)c1cccc(=O)[nH]1. The van der Waals surface area contributed by atoms with E-state index in [-0.39, 0.29) is 23.7 Å². The van der Waals surface area contributed by atoms with Gasteiger partial charge in [0, 0.05) is 12.6 Å². The lowest BCUT2D eigenvalue weighted by atomic mass is 9.97. The predicted octanol–water partition coefficient (Wildman–Crippen LogP) is 0.656. The molecule has 1 rings (SSSR count). The number of H-pyrrole nitrogens is 1. The number of carbonyl (C=O) groups is 1. The quantitative estimate of drug-likeness (QED) is 0.704. The van der Waals surface area contributed by atoms with Crippen LogP contribution in [0.15, 0.2) is 23.0 Å². The van der Waals surface area contributed by atoms with Crippen molar-refractivity contribution in [2.45, 2.75) is 32.3 Å². The van der Waals surface area contributed by atoms with E-state index in [1.54, 1.807) is 0 Å². The topological polar surface area (TPSA) is 82.2 Å². The van der Waals surface area contributed by atoms with Gasteiger partial charge in [-0.05, 0) is 18.9 Å². The molecule has 1 amide bonds. The number of hydrogen-bond donors (Lipinski definition) is 3. The summed E-state index contributed by atoms with van der Waals surface area (Å²) >= 11 is 0. The largest absolute Gasteiger partial charge is 0.388 e. The van der Waals surface area contributed by atoms with Gasteiger partial charge in [0.2, 0.25) is 5.56 Å². The molecule has 0 bridgehead atoms. The third kappa shape index (κ3) is 3.71. The maximum Gasteiger partial charge on any atom is 0.267 e. The van der Waals surface area contributed by atoms with E-state index in [0.29, 0.717) is 12.8 Å². The molecule has 0 aliphatic rings. The molecule has 1 aromatic rings. The standard InChI is InChI=1S/C12H18N2O3/c1-3-12(17,4-2)8-13-11(16)9-6-5-7-10(15)14-9/h5-7,17H,3-4,8H2,1-2H3,(H,13,16)(H,14,15). The summed E-state index contributed by atoms with van der Waals surface area (Å²) in [6.45, 7) is 3.90. The Morgan fingerprint density at radius 1 is 1.41 bits per heavy atom. The number of aliphatic hydroxyl groups is 1. The molecular weight excluding hydrogens is 220 g/mol. The molecule has 94 valence electrons. The number of carbonyl (C=O) groups excluding carboxylic acids is 1. The first-order valence-corrected chi connectivity index (χ1v) is 5.70. The Morgan fingerprint density at radius 2 is 2.06 bits per heavy atom. The lowest BCUT2D eigenvalue weighted by Crippen LogP contribution is -2.42. The molecule has 5 heteroatoms. The minimum absolute atomic E-state index is 0.176. The van der Waals surface area contributed by atoms with Gasteiger partial charge < -0.3 is 15.4 Å². The van der Waals surface area contributed by atoms with Crippen LogP contribution in [0.25, 0.3) is 0 Å². The third-order valence-electron chi connectivity index (χ3n) is 2.91. The summed E-state index contributed by atoms with van der Waals surface area (Å²) in [6.07, 6.45) is 1.13. The van der Waals surface area contributed by atoms with Gasteiger partial charge in [-0.25, -0.2) is 0 Å². The molecule has 0 aromatic carbocycles. The first kappa shape index (κ1) is 13.4. The average molecular weight is 238 g/mol. The van der Waals surface area contributed by atoms with E-state index in [1.807, 2.05) is 13.8 Å². The Hall–Kier alpha value is -1.62. The lowest BCUT2D eigenvalue weighted by molar-refractivity contribution is 0.0313. The van der Waals surface area contributed by atoms with Crippen LogP contribution < -0.4 is 10.9 Å². The van der Waals surface area contributed by atoms with Gasteiger partial charge in [-0.3, -0.25) is 9.59 Å². The number of amides is 1. The van der Waals surface area contributed by atoms with Gasteiger partial charge in [0.25, 0.3) is 5.91 Å². The monoisotopic (exact) mass is 238 g/mol. The smallest absolute Gasteiger partial charge is 0.267 e. The molecular formula is C12H18N2O3. The molecule has 0 fully saturated rings. The van der Waals surface area contributed by atoms with Crippen LogP contribution in [-0.2, 0) is 0 Å². The third-order valence-corrected chi connectivity index (χ3v) is 2.91. The highest BCUT2D eigenvalue weighted by Gasteiger charge is 2.23. The second kappa shape index (κ2) is 5.63. The highest BCUT2D eigenvalue weighted by Crippen LogP contribution is 2.12. The molecule has 0 radical (unpaired) electrons. The van der Waals surface area contributed by atoms with E-state index in [0.717, 1.165) is 0 Å². The predicted molar refractivity (Wildman–Crippen MR) is 64.9 cm³/mol. The molecule has 17 heavy (non-hydrogen) atoms. The second-order valence-electron chi connectivity index (χ2n) is 4.04. The molecule has 5 nitrogen and oxygen atoms in total. The summed E-state index contributed by atoms with van der Waals surface area (Å²) in [4.78, 5) is 25.1. The van der Waals surface area contributed by atoms with E-state index < -0.39 is 5.60 Å². The Balaban J connectivity index is 2.65. The maximum absolute atomic E-state index is 11.7. The zero-order valence-electron chi connectivity index (χ0n) is 10.1. The van der Waals surface area contributed by atoms with Crippen molar-refractivity contribution < 1.29 is 9.90 Å². The number of hydrogen-bond acceptors (Lipinski definition) is 3. The number of pyridine rings is 1. The fourth-order valence-electron chi connectivity index (χ4n) is 1.42. The van der Waals surface area contributed by atoms with Crippen molar-refractivity contribution in [1.82, 2.24) is 10.3 Å². The van der Waals surface area contributed by atoms with Crippen LogP contribution in [0.2, 0.25) is 0 Å². The van der Waals surface area contributed by atoms with Crippen molar-refractivity contribution in [2.75, 3.05) is 6.54 Å². The van der Waals surface area contributed by atoms with Crippen molar-refractivity contribution in [3.05, 3.63) is 34.2 Å². The average Bonchev–Trinajstić information content (AvgIpc) is 2.35. The molecule has 0 aliphatic heterocycles. The molecule has 3 N–H and O–H groups in total. The van der Waals surface area contributed by atoms with Crippen LogP contribution in [0.5, 0.6) is 0 Å². The summed E-state index contributed by atoms with van der Waals surface area (Å²) in [5.74, 6) is -0.386. The van der Waals surface area contributed by atoms with Gasteiger partial charge >= 0.3 is 0 Å². The summed E-state index contributed by atoms with van der Waals surface area (Å²) in [5.41, 5.74) is -1.00. The Labute approximate surface area is 99.9 Å². The molecule has 0 aliphatic carbocycles. The number of aromatic nitrogens is 1. The molecule has 0 unspecified atom stereocenters. The van der Waals surface area contributed by atoms with Crippen molar-refractivity contribution in [1.29, 1.82) is 0 Å². The summed E-state index contributed by atoms with van der Waals surface area (Å²) in [5, 5.41) is 12.6. The Morgan fingerprint density at radius 3 is 2.59 bits per heavy atom. The number of rotatable bonds is 5. The van der Waals surface area contributed by atoms with Crippen molar-refractivity contribution in [3.8, 4) is 0 Å². The molecule has 0 spiro atoms. The molecule has 0 saturated heterocycles. The van der Waals surface area contributed by atoms with Crippen LogP contribution in [0.4, 0.5) is 0 Å². The minimum atomic E-state index is -0.884. The second-order valence-corrected chi connectivity index (χ2v) is 4.04. The van der Waals surface area contributed by atoms with Crippen LogP contribution in [0.1, 0.15) is 37.2 Å². The molecule has 1 aromatic heterocycles. The van der Waals surface area contributed by atoms with Gasteiger partial charge in [-0.2, -0.15) is 0 Å². The zero-order valence-corrected chi connectivity index (χ0v) is 10.1. The minimum Gasteiger partial charge on any atom is -0.388 e. The van der Waals surface area contributed by atoms with E-state index in [2.05, 4.69) is 10.3 Å². The van der Waals surface area contributed by atoms with Gasteiger partial charge in [0.05, 0.1) is 5.60 Å². The van der Waals surface area contributed by atoms with Gasteiger partial charge in [-0.15, -0.1) is 0 Å². The summed E-state index contributed by atoms with van der Waals surface area (Å²) in [6, 6.07) is 4.37. The fourth-order valence-corrected chi connectivity index (χ4v) is 1.42. The highest BCUT2D eigenvalue weighted by molar-refractivity contribution is 5.92. The van der Waals surface area contributed by atoms with Crippen LogP contribution in [0, 0.1) is 0 Å². The molecule has 0 saturated carbocycles. The van der Waals surface area contributed by atoms with Crippen LogP contribution in [0.3, 0.4) is 0 Å². The van der Waals surface area contributed by atoms with Crippen LogP contribution >= 0.6 is 0 Å². The van der Waals surface area contributed by atoms with E-state index in [9.17, 15) is 14.7 Å². The number of aromatic amines is 1. The van der Waals surface area contributed by atoms with Gasteiger partial charge in [-0.1, -0.05) is 19.9 Å². The van der Waals surface area contributed by atoms with Gasteiger partial charge in [0.1, 0.15) is 5.69 Å². The van der Waals surface area contributed by atoms with Crippen molar-refractivity contribution in [3.63, 3.8) is 0 Å². The lowest BCUT2D eigenvalue weighted by Gasteiger charge is -2.25. The highest BCUT2D eigenvalue weighted by atomic mass is 16.3. The maximum atomic E-state index is 11.7. The molecule has 0 atom stereocenters. The van der Waals surface area contributed by atoms with Crippen LogP contribution in [-0.4, -0.2) is 28.1 Å². The first-order valence-electron chi connectivity index (χ1n) is 5.70. The number of nitrogens with one attached hydrogen (secondary N) is 2. The Bertz CT molecular complexity index is 435. The van der Waals surface area contributed by atoms with E-state index in [1.165, 1.54) is 18.2 Å². The zero-order chi connectivity index (χ0) is 12.9. The summed E-state index contributed by atoms with van der Waals surface area (Å²) < 4.78 is 0. The first-order chi connectivity index (χ1) is 8.00. The fraction of sp³-hybridized carbons (Fsp3) is 0.500. The summed E-state index contributed by atoms with van der Waals surface area (Å²) in [7, 11) is 0. The normalized spacial score (nSPS) is 11.2. The Kier molecular flexibility index (Phi) is 4.45.